The van der Waals surface area contributed by atoms with Gasteiger partial charge < -0.3 is 10.1 Å². The molecule has 1 aromatic carbocycles. The monoisotopic (exact) mass is 257 g/mol. The molecule has 0 amide bonds. The van der Waals surface area contributed by atoms with Crippen molar-refractivity contribution < 1.29 is 4.74 Å². The molecule has 0 saturated carbocycles. The molecular weight excluding hydrogens is 238 g/mol. The summed E-state index contributed by atoms with van der Waals surface area (Å²) in [7, 11) is 0. The van der Waals surface area contributed by atoms with Crippen molar-refractivity contribution in [3.8, 4) is 11.8 Å². The van der Waals surface area contributed by atoms with Crippen LogP contribution in [0.4, 0.5) is 0 Å². The minimum atomic E-state index is 0.674. The molecule has 1 aromatic rings. The highest BCUT2D eigenvalue weighted by molar-refractivity contribution is 5.34. The molecule has 3 rings (SSSR count). The van der Waals surface area contributed by atoms with E-state index in [0.29, 0.717) is 17.6 Å². The van der Waals surface area contributed by atoms with E-state index < -0.39 is 0 Å². The molecule has 0 aliphatic carbocycles. The molecule has 0 aromatic heterocycles. The van der Waals surface area contributed by atoms with Crippen LogP contribution in [0.2, 0.25) is 0 Å². The third kappa shape index (κ3) is 2.73. The van der Waals surface area contributed by atoms with Crippen molar-refractivity contribution in [3.63, 3.8) is 0 Å². The second-order valence-corrected chi connectivity index (χ2v) is 5.27. The van der Waals surface area contributed by atoms with Gasteiger partial charge in [-0.1, -0.05) is 0 Å². The number of rotatable bonds is 4. The fourth-order valence-corrected chi connectivity index (χ4v) is 3.13. The highest BCUT2D eigenvalue weighted by Gasteiger charge is 2.35. The Balaban J connectivity index is 1.49. The fourth-order valence-electron chi connectivity index (χ4n) is 3.13. The first kappa shape index (κ1) is 12.5. The zero-order valence-corrected chi connectivity index (χ0v) is 11.0. The summed E-state index contributed by atoms with van der Waals surface area (Å²) in [5.74, 6) is 0.849. The number of nitrogens with zero attached hydrogens (tertiary/aromatic N) is 2. The summed E-state index contributed by atoms with van der Waals surface area (Å²) in [5, 5.41) is 12.2. The van der Waals surface area contributed by atoms with Crippen molar-refractivity contribution >= 4 is 0 Å². The smallest absolute Gasteiger partial charge is 0.119 e. The average molecular weight is 257 g/mol. The van der Waals surface area contributed by atoms with Crippen molar-refractivity contribution in [2.24, 2.45) is 0 Å². The van der Waals surface area contributed by atoms with Gasteiger partial charge in [-0.05, 0) is 37.1 Å². The SMILES string of the molecule is N#Cc1ccc(OCCN2C3CCC2CNC3)cc1. The minimum Gasteiger partial charge on any atom is -0.492 e. The molecule has 2 atom stereocenters. The Morgan fingerprint density at radius 3 is 2.53 bits per heavy atom. The second kappa shape index (κ2) is 5.60. The number of piperazine rings is 1. The van der Waals surface area contributed by atoms with Crippen LogP contribution in [0.5, 0.6) is 5.75 Å². The lowest BCUT2D eigenvalue weighted by molar-refractivity contribution is 0.127. The molecule has 2 bridgehead atoms. The van der Waals surface area contributed by atoms with Gasteiger partial charge in [0.15, 0.2) is 0 Å². The normalized spacial score (nSPS) is 26.1. The first-order chi connectivity index (χ1) is 9.36. The summed E-state index contributed by atoms with van der Waals surface area (Å²) in [4.78, 5) is 2.58. The molecule has 2 aliphatic heterocycles. The van der Waals surface area contributed by atoms with Crippen molar-refractivity contribution in [2.75, 3.05) is 26.2 Å². The van der Waals surface area contributed by atoms with E-state index in [4.69, 9.17) is 10.00 Å². The molecule has 100 valence electrons. The molecule has 2 unspecified atom stereocenters. The van der Waals surface area contributed by atoms with Gasteiger partial charge in [0.2, 0.25) is 0 Å². The average Bonchev–Trinajstić information content (AvgIpc) is 2.69. The summed E-state index contributed by atoms with van der Waals surface area (Å²) in [6.07, 6.45) is 2.63. The third-order valence-electron chi connectivity index (χ3n) is 4.13. The van der Waals surface area contributed by atoms with E-state index >= 15 is 0 Å². The Kier molecular flexibility index (Phi) is 3.67. The van der Waals surface area contributed by atoms with Gasteiger partial charge in [0.25, 0.3) is 0 Å². The highest BCUT2D eigenvalue weighted by Crippen LogP contribution is 2.26. The lowest BCUT2D eigenvalue weighted by Gasteiger charge is -2.35. The number of nitrogens with one attached hydrogen (secondary N) is 1. The molecule has 2 saturated heterocycles. The quantitative estimate of drug-likeness (QED) is 0.885. The number of hydrogen-bond acceptors (Lipinski definition) is 4. The van der Waals surface area contributed by atoms with Crippen LogP contribution in [-0.2, 0) is 0 Å². The summed E-state index contributed by atoms with van der Waals surface area (Å²) in [6.45, 7) is 3.96. The molecular formula is C15H19N3O. The van der Waals surface area contributed by atoms with Crippen LogP contribution in [0.25, 0.3) is 0 Å². The summed E-state index contributed by atoms with van der Waals surface area (Å²) in [6, 6.07) is 10.8. The fraction of sp³-hybridized carbons (Fsp3) is 0.533. The molecule has 0 spiro atoms. The van der Waals surface area contributed by atoms with Gasteiger partial charge >= 0.3 is 0 Å². The van der Waals surface area contributed by atoms with E-state index in [1.807, 2.05) is 12.1 Å². The molecule has 2 heterocycles. The van der Waals surface area contributed by atoms with E-state index in [0.717, 1.165) is 32.0 Å². The Labute approximate surface area is 114 Å². The van der Waals surface area contributed by atoms with Crippen LogP contribution in [-0.4, -0.2) is 43.2 Å². The van der Waals surface area contributed by atoms with Gasteiger partial charge in [-0.2, -0.15) is 5.26 Å². The minimum absolute atomic E-state index is 0.674. The van der Waals surface area contributed by atoms with Gasteiger partial charge in [-0.3, -0.25) is 4.90 Å². The predicted octanol–water partition coefficient (Wildman–Crippen LogP) is 1.37. The molecule has 2 fully saturated rings. The molecule has 2 aliphatic rings. The zero-order chi connectivity index (χ0) is 13.1. The Morgan fingerprint density at radius 1 is 1.21 bits per heavy atom. The molecule has 4 nitrogen and oxygen atoms in total. The maximum atomic E-state index is 8.74. The van der Waals surface area contributed by atoms with Crippen molar-refractivity contribution in [1.29, 1.82) is 5.26 Å². The van der Waals surface area contributed by atoms with Gasteiger partial charge in [0.1, 0.15) is 12.4 Å². The van der Waals surface area contributed by atoms with E-state index in [9.17, 15) is 0 Å². The highest BCUT2D eigenvalue weighted by atomic mass is 16.5. The van der Waals surface area contributed by atoms with Crippen LogP contribution < -0.4 is 10.1 Å². The van der Waals surface area contributed by atoms with Gasteiger partial charge in [0, 0.05) is 31.7 Å². The van der Waals surface area contributed by atoms with Crippen molar-refractivity contribution in [1.82, 2.24) is 10.2 Å². The zero-order valence-electron chi connectivity index (χ0n) is 11.0. The van der Waals surface area contributed by atoms with E-state index in [1.165, 1.54) is 12.8 Å². The maximum Gasteiger partial charge on any atom is 0.119 e. The number of benzene rings is 1. The van der Waals surface area contributed by atoms with Crippen LogP contribution in [0, 0.1) is 11.3 Å². The first-order valence-electron chi connectivity index (χ1n) is 6.96. The summed E-state index contributed by atoms with van der Waals surface area (Å²) >= 11 is 0. The second-order valence-electron chi connectivity index (χ2n) is 5.27. The van der Waals surface area contributed by atoms with Crippen LogP contribution >= 0.6 is 0 Å². The number of ether oxygens (including phenoxy) is 1. The summed E-state index contributed by atoms with van der Waals surface area (Å²) in [5.41, 5.74) is 0.674. The van der Waals surface area contributed by atoms with Crippen LogP contribution in [0.15, 0.2) is 24.3 Å². The number of nitriles is 1. The number of hydrogen-bond donors (Lipinski definition) is 1. The largest absolute Gasteiger partial charge is 0.492 e. The molecule has 0 radical (unpaired) electrons. The lowest BCUT2D eigenvalue weighted by Crippen LogP contribution is -2.52. The maximum absolute atomic E-state index is 8.74. The molecule has 4 heteroatoms. The van der Waals surface area contributed by atoms with E-state index in [-0.39, 0.29) is 0 Å². The predicted molar refractivity (Wildman–Crippen MR) is 73.0 cm³/mol. The van der Waals surface area contributed by atoms with Gasteiger partial charge in [-0.25, -0.2) is 0 Å². The number of fused-ring (bicyclic) bond motifs is 2. The van der Waals surface area contributed by atoms with Crippen molar-refractivity contribution in [3.05, 3.63) is 29.8 Å². The van der Waals surface area contributed by atoms with Crippen LogP contribution in [0.1, 0.15) is 18.4 Å². The van der Waals surface area contributed by atoms with Crippen molar-refractivity contribution in [2.45, 2.75) is 24.9 Å². The summed E-state index contributed by atoms with van der Waals surface area (Å²) < 4.78 is 5.76. The van der Waals surface area contributed by atoms with E-state index in [2.05, 4.69) is 16.3 Å². The Hall–Kier alpha value is -1.57. The Morgan fingerprint density at radius 2 is 1.89 bits per heavy atom. The third-order valence-corrected chi connectivity index (χ3v) is 4.13. The van der Waals surface area contributed by atoms with Gasteiger partial charge in [-0.15, -0.1) is 0 Å². The molecule has 1 N–H and O–H groups in total. The van der Waals surface area contributed by atoms with Crippen LogP contribution in [0.3, 0.4) is 0 Å². The topological polar surface area (TPSA) is 48.3 Å². The molecule has 19 heavy (non-hydrogen) atoms. The Bertz CT molecular complexity index is 449. The van der Waals surface area contributed by atoms with Gasteiger partial charge in [0.05, 0.1) is 11.6 Å². The lowest BCUT2D eigenvalue weighted by atomic mass is 10.2. The van der Waals surface area contributed by atoms with E-state index in [1.54, 1.807) is 12.1 Å². The standard InChI is InChI=1S/C15H19N3O/c16-9-12-1-5-15(6-2-12)19-8-7-18-13-3-4-14(18)11-17-10-13/h1-2,5-6,13-14,17H,3-4,7-8,10-11H2. The first-order valence-corrected chi connectivity index (χ1v) is 6.96.